The van der Waals surface area contributed by atoms with Gasteiger partial charge in [0, 0.05) is 13.1 Å². The molecule has 0 fully saturated rings. The van der Waals surface area contributed by atoms with E-state index in [0.29, 0.717) is 12.3 Å². The fourth-order valence-electron chi connectivity index (χ4n) is 2.32. The van der Waals surface area contributed by atoms with Crippen molar-refractivity contribution in [3.63, 3.8) is 0 Å². The van der Waals surface area contributed by atoms with Crippen molar-refractivity contribution >= 4 is 11.8 Å². The average Bonchev–Trinajstić information content (AvgIpc) is 2.59. The molecule has 0 aliphatic carbocycles. The normalized spacial score (nSPS) is 10.5. The lowest BCUT2D eigenvalue weighted by Crippen LogP contribution is -2.28. The second kappa shape index (κ2) is 8.84. The molecule has 25 heavy (non-hydrogen) atoms. The molecule has 0 radical (unpaired) electrons. The zero-order valence-corrected chi connectivity index (χ0v) is 14.5. The molecule has 0 saturated heterocycles. The van der Waals surface area contributed by atoms with Crippen LogP contribution in [0.1, 0.15) is 21.5 Å². The molecule has 0 unspecified atom stereocenters. The van der Waals surface area contributed by atoms with Crippen LogP contribution in [-0.4, -0.2) is 37.4 Å². The summed E-state index contributed by atoms with van der Waals surface area (Å²) in [5, 5.41) is 2.79. The molecule has 0 aromatic heterocycles. The van der Waals surface area contributed by atoms with E-state index in [-0.39, 0.29) is 18.1 Å². The van der Waals surface area contributed by atoms with Gasteiger partial charge in [0.1, 0.15) is 5.75 Å². The van der Waals surface area contributed by atoms with Crippen molar-refractivity contribution in [3.05, 3.63) is 65.2 Å². The van der Waals surface area contributed by atoms with E-state index in [9.17, 15) is 9.59 Å². The highest BCUT2D eigenvalue weighted by Gasteiger charge is 2.10. The van der Waals surface area contributed by atoms with Crippen molar-refractivity contribution in [2.24, 2.45) is 5.73 Å². The summed E-state index contributed by atoms with van der Waals surface area (Å²) in [4.78, 5) is 25.3. The first-order valence-electron chi connectivity index (χ1n) is 7.96. The summed E-state index contributed by atoms with van der Waals surface area (Å²) in [5.41, 5.74) is 7.75. The Morgan fingerprint density at radius 2 is 1.68 bits per heavy atom. The fourth-order valence-corrected chi connectivity index (χ4v) is 2.32. The number of hydrogen-bond donors (Lipinski definition) is 2. The predicted octanol–water partition coefficient (Wildman–Crippen LogP) is 1.54. The molecule has 0 aliphatic rings. The van der Waals surface area contributed by atoms with Crippen molar-refractivity contribution in [1.82, 2.24) is 10.2 Å². The Morgan fingerprint density at radius 3 is 2.32 bits per heavy atom. The number of carbonyl (C=O) groups excluding carboxylic acids is 2. The largest absolute Gasteiger partial charge is 0.483 e. The molecule has 2 rings (SSSR count). The van der Waals surface area contributed by atoms with E-state index in [0.717, 1.165) is 12.1 Å². The zero-order valence-electron chi connectivity index (χ0n) is 14.5. The van der Waals surface area contributed by atoms with E-state index >= 15 is 0 Å². The van der Waals surface area contributed by atoms with Crippen LogP contribution in [0.5, 0.6) is 5.75 Å². The van der Waals surface area contributed by atoms with Crippen LogP contribution < -0.4 is 15.8 Å². The maximum Gasteiger partial charge on any atom is 0.258 e. The van der Waals surface area contributed by atoms with E-state index < -0.39 is 5.91 Å². The highest BCUT2D eigenvalue weighted by molar-refractivity contribution is 5.95. The van der Waals surface area contributed by atoms with Gasteiger partial charge in [0.05, 0.1) is 5.56 Å². The van der Waals surface area contributed by atoms with Crippen LogP contribution in [0.3, 0.4) is 0 Å². The summed E-state index contributed by atoms with van der Waals surface area (Å²) < 4.78 is 5.39. The van der Waals surface area contributed by atoms with Crippen LogP contribution in [0.25, 0.3) is 0 Å². The van der Waals surface area contributed by atoms with Crippen LogP contribution in [0, 0.1) is 0 Å². The second-order valence-electron chi connectivity index (χ2n) is 5.98. The number of primary amides is 1. The predicted molar refractivity (Wildman–Crippen MR) is 96.1 cm³/mol. The maximum atomic E-state index is 11.9. The van der Waals surface area contributed by atoms with Gasteiger partial charge < -0.3 is 20.7 Å². The van der Waals surface area contributed by atoms with Gasteiger partial charge in [0.2, 0.25) is 0 Å². The summed E-state index contributed by atoms with van der Waals surface area (Å²) in [5.74, 6) is -0.552. The minimum absolute atomic E-state index is 0.178. The lowest BCUT2D eigenvalue weighted by Gasteiger charge is -2.11. The van der Waals surface area contributed by atoms with Crippen molar-refractivity contribution in [2.75, 3.05) is 20.7 Å². The number of amides is 2. The molecule has 0 heterocycles. The highest BCUT2D eigenvalue weighted by atomic mass is 16.5. The molecule has 0 bridgehead atoms. The van der Waals surface area contributed by atoms with Crippen molar-refractivity contribution in [3.8, 4) is 5.75 Å². The number of nitrogens with one attached hydrogen (secondary N) is 1. The van der Waals surface area contributed by atoms with Gasteiger partial charge in [-0.15, -0.1) is 0 Å². The molecule has 0 atom stereocenters. The first kappa shape index (κ1) is 18.5. The van der Waals surface area contributed by atoms with Crippen LogP contribution >= 0.6 is 0 Å². The van der Waals surface area contributed by atoms with Gasteiger partial charge in [0.25, 0.3) is 11.8 Å². The van der Waals surface area contributed by atoms with Crippen LogP contribution in [-0.2, 0) is 17.9 Å². The van der Waals surface area contributed by atoms with Crippen molar-refractivity contribution < 1.29 is 14.3 Å². The van der Waals surface area contributed by atoms with Gasteiger partial charge in [-0.3, -0.25) is 9.59 Å². The molecule has 3 N–H and O–H groups in total. The second-order valence-corrected chi connectivity index (χ2v) is 5.98. The quantitative estimate of drug-likeness (QED) is 0.763. The first-order chi connectivity index (χ1) is 12.0. The van der Waals surface area contributed by atoms with E-state index in [1.165, 1.54) is 5.56 Å². The number of para-hydroxylation sites is 1. The standard InChI is InChI=1S/C19H23N3O3/c1-22(2)12-15-9-7-14(8-10-15)11-21-18(23)13-25-17-6-4-3-5-16(17)19(20)24/h3-10H,11-13H2,1-2H3,(H2,20,24)(H,21,23). The van der Waals surface area contributed by atoms with Crippen LogP contribution in [0.15, 0.2) is 48.5 Å². The fraction of sp³-hybridized carbons (Fsp3) is 0.263. The molecule has 0 saturated carbocycles. The van der Waals surface area contributed by atoms with E-state index in [1.807, 2.05) is 38.4 Å². The molecule has 2 amide bonds. The maximum absolute atomic E-state index is 11.9. The summed E-state index contributed by atoms with van der Waals surface area (Å²) in [6.07, 6.45) is 0. The summed E-state index contributed by atoms with van der Waals surface area (Å²) in [6, 6.07) is 14.6. The molecule has 2 aromatic carbocycles. The zero-order chi connectivity index (χ0) is 18.2. The van der Waals surface area contributed by atoms with Crippen LogP contribution in [0.4, 0.5) is 0 Å². The van der Waals surface area contributed by atoms with Gasteiger partial charge in [0.15, 0.2) is 6.61 Å². The SMILES string of the molecule is CN(C)Cc1ccc(CNC(=O)COc2ccccc2C(N)=O)cc1. The molecule has 0 aliphatic heterocycles. The molecule has 0 spiro atoms. The number of carbonyl (C=O) groups is 2. The Kier molecular flexibility index (Phi) is 6.54. The summed E-state index contributed by atoms with van der Waals surface area (Å²) >= 11 is 0. The molecular weight excluding hydrogens is 318 g/mol. The Balaban J connectivity index is 1.82. The summed E-state index contributed by atoms with van der Waals surface area (Å²) in [6.45, 7) is 1.12. The van der Waals surface area contributed by atoms with E-state index in [1.54, 1.807) is 24.3 Å². The Morgan fingerprint density at radius 1 is 1.04 bits per heavy atom. The average molecular weight is 341 g/mol. The Labute approximate surface area is 147 Å². The molecule has 6 heteroatoms. The number of rotatable bonds is 8. The number of nitrogens with two attached hydrogens (primary N) is 1. The van der Waals surface area contributed by atoms with E-state index in [2.05, 4.69) is 10.2 Å². The van der Waals surface area contributed by atoms with Gasteiger partial charge in [-0.2, -0.15) is 0 Å². The van der Waals surface area contributed by atoms with Crippen molar-refractivity contribution in [2.45, 2.75) is 13.1 Å². The smallest absolute Gasteiger partial charge is 0.258 e. The minimum Gasteiger partial charge on any atom is -0.483 e. The molecule has 6 nitrogen and oxygen atoms in total. The molecule has 132 valence electrons. The molecular formula is C19H23N3O3. The van der Waals surface area contributed by atoms with Gasteiger partial charge >= 0.3 is 0 Å². The monoisotopic (exact) mass is 341 g/mol. The Bertz CT molecular complexity index is 727. The number of hydrogen-bond acceptors (Lipinski definition) is 4. The van der Waals surface area contributed by atoms with Crippen molar-refractivity contribution in [1.29, 1.82) is 0 Å². The minimum atomic E-state index is -0.589. The lowest BCUT2D eigenvalue weighted by atomic mass is 10.1. The third-order valence-corrected chi connectivity index (χ3v) is 3.52. The van der Waals surface area contributed by atoms with E-state index in [4.69, 9.17) is 10.5 Å². The van der Waals surface area contributed by atoms with Gasteiger partial charge in [-0.25, -0.2) is 0 Å². The number of benzene rings is 2. The number of ether oxygens (including phenoxy) is 1. The Hall–Kier alpha value is -2.86. The third-order valence-electron chi connectivity index (χ3n) is 3.52. The first-order valence-corrected chi connectivity index (χ1v) is 7.96. The van der Waals surface area contributed by atoms with Gasteiger partial charge in [-0.1, -0.05) is 36.4 Å². The number of nitrogens with zero attached hydrogens (tertiary/aromatic N) is 1. The molecule has 2 aromatic rings. The highest BCUT2D eigenvalue weighted by Crippen LogP contribution is 2.16. The topological polar surface area (TPSA) is 84.7 Å². The van der Waals surface area contributed by atoms with Gasteiger partial charge in [-0.05, 0) is 37.4 Å². The van der Waals surface area contributed by atoms with Crippen LogP contribution in [0.2, 0.25) is 0 Å². The lowest BCUT2D eigenvalue weighted by molar-refractivity contribution is -0.123. The third kappa shape index (κ3) is 5.93. The summed E-state index contributed by atoms with van der Waals surface area (Å²) in [7, 11) is 4.04.